The van der Waals surface area contributed by atoms with Crippen LogP contribution in [0.2, 0.25) is 5.02 Å². The fourth-order valence-corrected chi connectivity index (χ4v) is 2.68. The molecule has 4 nitrogen and oxygen atoms in total. The molecule has 2 aromatic heterocycles. The maximum absolute atomic E-state index is 5.94. The minimum absolute atomic E-state index is 0.692. The highest BCUT2D eigenvalue weighted by molar-refractivity contribution is 6.30. The molecular weight excluding hydrogens is 296 g/mol. The molecule has 0 unspecified atom stereocenters. The molecule has 0 amide bonds. The summed E-state index contributed by atoms with van der Waals surface area (Å²) in [7, 11) is 0. The van der Waals surface area contributed by atoms with Crippen molar-refractivity contribution in [3.8, 4) is 0 Å². The Morgan fingerprint density at radius 1 is 1.00 bits per heavy atom. The van der Waals surface area contributed by atoms with Crippen molar-refractivity contribution in [2.45, 2.75) is 6.92 Å². The molecular formula is C17H13ClN4. The molecule has 2 heterocycles. The highest BCUT2D eigenvalue weighted by Gasteiger charge is 2.10. The average molecular weight is 309 g/mol. The second-order valence-electron chi connectivity index (χ2n) is 5.15. The summed E-state index contributed by atoms with van der Waals surface area (Å²) < 4.78 is 2.02. The molecule has 0 saturated heterocycles. The van der Waals surface area contributed by atoms with Crippen LogP contribution in [0.15, 0.2) is 54.6 Å². The van der Waals surface area contributed by atoms with E-state index in [1.165, 1.54) is 0 Å². The van der Waals surface area contributed by atoms with Crippen LogP contribution >= 0.6 is 11.6 Å². The fraction of sp³-hybridized carbons (Fsp3) is 0.0588. The smallest absolute Gasteiger partial charge is 0.236 e. The predicted octanol–water partition coefficient (Wildman–Crippen LogP) is 4.59. The molecule has 4 rings (SSSR count). The van der Waals surface area contributed by atoms with E-state index in [4.69, 9.17) is 11.6 Å². The molecule has 0 saturated carbocycles. The molecule has 0 aliphatic rings. The highest BCUT2D eigenvalue weighted by atomic mass is 35.5. The number of imidazole rings is 1. The van der Waals surface area contributed by atoms with Crippen molar-refractivity contribution < 1.29 is 0 Å². The van der Waals surface area contributed by atoms with Crippen molar-refractivity contribution in [3.05, 3.63) is 65.3 Å². The van der Waals surface area contributed by atoms with Gasteiger partial charge in [-0.2, -0.15) is 0 Å². The quantitative estimate of drug-likeness (QED) is 0.589. The minimum Gasteiger partial charge on any atom is -0.341 e. The summed E-state index contributed by atoms with van der Waals surface area (Å²) in [6, 6.07) is 17.6. The van der Waals surface area contributed by atoms with Crippen molar-refractivity contribution in [1.82, 2.24) is 14.4 Å². The molecule has 0 fully saturated rings. The number of benzene rings is 2. The van der Waals surface area contributed by atoms with Crippen LogP contribution in [0.5, 0.6) is 0 Å². The lowest BCUT2D eigenvalue weighted by atomic mass is 10.3. The van der Waals surface area contributed by atoms with Crippen molar-refractivity contribution in [3.63, 3.8) is 0 Å². The van der Waals surface area contributed by atoms with Gasteiger partial charge in [0.1, 0.15) is 5.82 Å². The van der Waals surface area contributed by atoms with Crippen LogP contribution in [0.25, 0.3) is 16.8 Å². The molecule has 0 spiro atoms. The van der Waals surface area contributed by atoms with Gasteiger partial charge in [-0.1, -0.05) is 23.7 Å². The number of halogens is 1. The summed E-state index contributed by atoms with van der Waals surface area (Å²) in [5.74, 6) is 1.62. The lowest BCUT2D eigenvalue weighted by Gasteiger charge is -2.10. The van der Waals surface area contributed by atoms with E-state index in [1.807, 2.05) is 65.9 Å². The molecule has 5 heteroatoms. The first-order chi connectivity index (χ1) is 10.7. The number of fused-ring (bicyclic) bond motifs is 3. The van der Waals surface area contributed by atoms with Crippen LogP contribution in [-0.2, 0) is 0 Å². The van der Waals surface area contributed by atoms with Gasteiger partial charge in [0, 0.05) is 22.5 Å². The van der Waals surface area contributed by atoms with E-state index in [1.54, 1.807) is 0 Å². The number of nitrogens with one attached hydrogen (secondary N) is 1. The van der Waals surface area contributed by atoms with E-state index in [2.05, 4.69) is 15.3 Å². The van der Waals surface area contributed by atoms with Gasteiger partial charge in [-0.05, 0) is 43.3 Å². The summed E-state index contributed by atoms with van der Waals surface area (Å²) in [4.78, 5) is 9.10. The van der Waals surface area contributed by atoms with Crippen LogP contribution in [-0.4, -0.2) is 14.4 Å². The van der Waals surface area contributed by atoms with Gasteiger partial charge < -0.3 is 5.32 Å². The predicted molar refractivity (Wildman–Crippen MR) is 90.0 cm³/mol. The van der Waals surface area contributed by atoms with E-state index in [9.17, 15) is 0 Å². The van der Waals surface area contributed by atoms with Gasteiger partial charge in [-0.25, -0.2) is 9.97 Å². The summed E-state index contributed by atoms with van der Waals surface area (Å²) in [6.07, 6.45) is 0. The normalized spacial score (nSPS) is 11.2. The Morgan fingerprint density at radius 3 is 2.59 bits per heavy atom. The zero-order valence-corrected chi connectivity index (χ0v) is 12.7. The molecule has 0 aliphatic heterocycles. The van der Waals surface area contributed by atoms with E-state index in [0.29, 0.717) is 5.78 Å². The molecule has 1 N–H and O–H groups in total. The molecule has 108 valence electrons. The zero-order valence-electron chi connectivity index (χ0n) is 11.9. The Labute approximate surface area is 132 Å². The molecule has 0 radical (unpaired) electrons. The van der Waals surface area contributed by atoms with Gasteiger partial charge in [0.15, 0.2) is 0 Å². The summed E-state index contributed by atoms with van der Waals surface area (Å²) in [5.41, 5.74) is 3.84. The van der Waals surface area contributed by atoms with Crippen molar-refractivity contribution >= 4 is 39.9 Å². The fourth-order valence-electron chi connectivity index (χ4n) is 2.55. The van der Waals surface area contributed by atoms with Crippen molar-refractivity contribution in [1.29, 1.82) is 0 Å². The number of anilines is 2. The lowest BCUT2D eigenvalue weighted by molar-refractivity contribution is 1.09. The number of nitrogens with zero attached hydrogens (tertiary/aromatic N) is 3. The maximum atomic E-state index is 5.94. The first-order valence-electron chi connectivity index (χ1n) is 6.98. The molecule has 22 heavy (non-hydrogen) atoms. The van der Waals surface area contributed by atoms with E-state index < -0.39 is 0 Å². The van der Waals surface area contributed by atoms with Gasteiger partial charge in [0.25, 0.3) is 0 Å². The molecule has 0 atom stereocenters. The Morgan fingerprint density at radius 2 is 1.77 bits per heavy atom. The monoisotopic (exact) mass is 308 g/mol. The lowest BCUT2D eigenvalue weighted by Crippen LogP contribution is -2.01. The van der Waals surface area contributed by atoms with Crippen LogP contribution < -0.4 is 5.32 Å². The van der Waals surface area contributed by atoms with Crippen LogP contribution in [0, 0.1) is 6.92 Å². The average Bonchev–Trinajstić information content (AvgIpc) is 2.87. The largest absolute Gasteiger partial charge is 0.341 e. The molecule has 4 aromatic rings. The Balaban J connectivity index is 1.93. The minimum atomic E-state index is 0.692. The maximum Gasteiger partial charge on any atom is 0.236 e. The molecule has 0 aliphatic carbocycles. The van der Waals surface area contributed by atoms with Crippen molar-refractivity contribution in [2.75, 3.05) is 5.32 Å². The number of rotatable bonds is 2. The summed E-state index contributed by atoms with van der Waals surface area (Å²) in [5, 5.41) is 4.13. The Bertz CT molecular complexity index is 973. The third-order valence-corrected chi connectivity index (χ3v) is 3.77. The third kappa shape index (κ3) is 2.18. The molecule has 2 aromatic carbocycles. The standard InChI is InChI=1S/C17H13ClN4/c1-11-10-16(20-13-8-6-12(18)7-9-13)22-15-5-3-2-4-14(15)21-17(22)19-11/h2-10,20H,1H3. The van der Waals surface area contributed by atoms with E-state index in [-0.39, 0.29) is 0 Å². The summed E-state index contributed by atoms with van der Waals surface area (Å²) >= 11 is 5.94. The third-order valence-electron chi connectivity index (χ3n) is 3.52. The number of aromatic nitrogens is 3. The summed E-state index contributed by atoms with van der Waals surface area (Å²) in [6.45, 7) is 1.96. The first kappa shape index (κ1) is 13.1. The number of hydrogen-bond acceptors (Lipinski definition) is 3. The van der Waals surface area contributed by atoms with Gasteiger partial charge in [0.05, 0.1) is 11.0 Å². The van der Waals surface area contributed by atoms with Gasteiger partial charge in [-0.15, -0.1) is 0 Å². The second-order valence-corrected chi connectivity index (χ2v) is 5.59. The highest BCUT2D eigenvalue weighted by Crippen LogP contribution is 2.24. The molecule has 0 bridgehead atoms. The van der Waals surface area contributed by atoms with Crippen LogP contribution in [0.1, 0.15) is 5.69 Å². The van der Waals surface area contributed by atoms with E-state index in [0.717, 1.165) is 33.3 Å². The number of para-hydroxylation sites is 2. The second kappa shape index (κ2) is 5.00. The van der Waals surface area contributed by atoms with Gasteiger partial charge in [0.2, 0.25) is 5.78 Å². The van der Waals surface area contributed by atoms with Gasteiger partial charge in [-0.3, -0.25) is 4.40 Å². The Hall–Kier alpha value is -2.59. The SMILES string of the molecule is Cc1cc(Nc2ccc(Cl)cc2)n2c(n1)nc1ccccc12. The van der Waals surface area contributed by atoms with Crippen LogP contribution in [0.3, 0.4) is 0 Å². The number of aryl methyl sites for hydroxylation is 1. The topological polar surface area (TPSA) is 42.2 Å². The zero-order chi connectivity index (χ0) is 15.1. The first-order valence-corrected chi connectivity index (χ1v) is 7.36. The van der Waals surface area contributed by atoms with Crippen LogP contribution in [0.4, 0.5) is 11.5 Å². The Kier molecular flexibility index (Phi) is 2.98. The van der Waals surface area contributed by atoms with Crippen molar-refractivity contribution in [2.24, 2.45) is 0 Å². The van der Waals surface area contributed by atoms with Gasteiger partial charge >= 0.3 is 0 Å². The van der Waals surface area contributed by atoms with E-state index >= 15 is 0 Å². The number of hydrogen-bond donors (Lipinski definition) is 1.